The normalized spacial score (nSPS) is 16.0. The van der Waals surface area contributed by atoms with E-state index in [0.717, 1.165) is 0 Å². The zero-order valence-electron chi connectivity index (χ0n) is 6.75. The Morgan fingerprint density at radius 3 is 2.75 bits per heavy atom. The number of hydrogen-bond donors (Lipinski definition) is 3. The summed E-state index contributed by atoms with van der Waals surface area (Å²) in [4.78, 5) is 3.90. The summed E-state index contributed by atoms with van der Waals surface area (Å²) in [5.74, 6) is 0.220. The van der Waals surface area contributed by atoms with E-state index in [1.165, 1.54) is 0 Å². The summed E-state index contributed by atoms with van der Waals surface area (Å²) in [5.41, 5.74) is 0.471. The third kappa shape index (κ3) is 2.00. The van der Waals surface area contributed by atoms with Gasteiger partial charge in [-0.3, -0.25) is 0 Å². The van der Waals surface area contributed by atoms with Crippen molar-refractivity contribution in [3.05, 3.63) is 18.2 Å². The highest BCUT2D eigenvalue weighted by molar-refractivity contribution is 7.80. The highest BCUT2D eigenvalue weighted by atomic mass is 32.1. The molecule has 12 heavy (non-hydrogen) atoms. The molecule has 1 heterocycles. The van der Waals surface area contributed by atoms with Gasteiger partial charge in [0.1, 0.15) is 6.10 Å². The van der Waals surface area contributed by atoms with Crippen LogP contribution in [0.3, 0.4) is 0 Å². The van der Waals surface area contributed by atoms with Gasteiger partial charge in [0.25, 0.3) is 0 Å². The fraction of sp³-hybridized carbons (Fsp3) is 0.571. The fourth-order valence-corrected chi connectivity index (χ4v) is 1.08. The van der Waals surface area contributed by atoms with Crippen LogP contribution in [0.5, 0.6) is 0 Å². The molecule has 0 aliphatic heterocycles. The summed E-state index contributed by atoms with van der Waals surface area (Å²) in [6, 6.07) is 0. The second-order valence-corrected chi connectivity index (χ2v) is 3.02. The molecule has 0 aliphatic carbocycles. The summed E-state index contributed by atoms with van der Waals surface area (Å²) >= 11 is 3.87. The topological polar surface area (TPSA) is 58.3 Å². The molecule has 0 radical (unpaired) electrons. The lowest BCUT2D eigenvalue weighted by Gasteiger charge is -2.12. The van der Waals surface area contributed by atoms with Crippen molar-refractivity contribution in [2.45, 2.75) is 12.2 Å². The predicted octanol–water partition coefficient (Wildman–Crippen LogP) is -0.256. The molecule has 0 bridgehead atoms. The lowest BCUT2D eigenvalue weighted by molar-refractivity contribution is 0.0312. The van der Waals surface area contributed by atoms with Crippen LogP contribution in [0.1, 0.15) is 11.8 Å². The molecule has 0 aromatic carbocycles. The van der Waals surface area contributed by atoms with Crippen molar-refractivity contribution in [1.29, 1.82) is 0 Å². The number of aliphatic hydroxyl groups is 2. The minimum Gasteiger partial charge on any atom is -0.389 e. The third-order valence-corrected chi connectivity index (χ3v) is 1.95. The Morgan fingerprint density at radius 2 is 2.33 bits per heavy atom. The monoisotopic (exact) mass is 188 g/mol. The number of nitrogens with zero attached hydrogens (tertiary/aromatic N) is 2. The summed E-state index contributed by atoms with van der Waals surface area (Å²) in [6.45, 7) is 0. The minimum absolute atomic E-state index is 0.220. The van der Waals surface area contributed by atoms with Crippen LogP contribution in [0.25, 0.3) is 0 Å². The zero-order chi connectivity index (χ0) is 9.14. The summed E-state index contributed by atoms with van der Waals surface area (Å²) < 4.78 is 1.71. The Hall–Kier alpha value is -0.520. The van der Waals surface area contributed by atoms with Crippen molar-refractivity contribution < 1.29 is 10.2 Å². The first-order valence-corrected chi connectivity index (χ1v) is 4.23. The number of hydrogen-bond acceptors (Lipinski definition) is 4. The molecule has 68 valence electrons. The van der Waals surface area contributed by atoms with E-state index < -0.39 is 12.2 Å². The third-order valence-electron chi connectivity index (χ3n) is 1.58. The van der Waals surface area contributed by atoms with Gasteiger partial charge in [-0.25, -0.2) is 4.98 Å². The van der Waals surface area contributed by atoms with Gasteiger partial charge in [0.15, 0.2) is 0 Å². The predicted molar refractivity (Wildman–Crippen MR) is 48.0 cm³/mol. The van der Waals surface area contributed by atoms with Crippen molar-refractivity contribution >= 4 is 12.6 Å². The van der Waals surface area contributed by atoms with E-state index in [0.29, 0.717) is 5.69 Å². The Bertz CT molecular complexity index is 251. The number of aromatic nitrogens is 2. The number of aryl methyl sites for hydroxylation is 1. The molecule has 0 saturated heterocycles. The molecule has 2 N–H and O–H groups in total. The molecule has 0 saturated carbocycles. The second kappa shape index (κ2) is 3.93. The lowest BCUT2D eigenvalue weighted by Crippen LogP contribution is -2.19. The van der Waals surface area contributed by atoms with Gasteiger partial charge in [-0.2, -0.15) is 12.6 Å². The van der Waals surface area contributed by atoms with Gasteiger partial charge in [-0.15, -0.1) is 0 Å². The van der Waals surface area contributed by atoms with Crippen LogP contribution in [0.4, 0.5) is 0 Å². The summed E-state index contributed by atoms with van der Waals surface area (Å²) in [7, 11) is 1.80. The van der Waals surface area contributed by atoms with E-state index in [4.69, 9.17) is 0 Å². The van der Waals surface area contributed by atoms with Gasteiger partial charge >= 0.3 is 0 Å². The van der Waals surface area contributed by atoms with Crippen LogP contribution in [-0.2, 0) is 7.05 Å². The minimum atomic E-state index is -0.941. The fourth-order valence-electron chi connectivity index (χ4n) is 0.883. The van der Waals surface area contributed by atoms with E-state index in [1.54, 1.807) is 24.1 Å². The van der Waals surface area contributed by atoms with Crippen LogP contribution in [0.2, 0.25) is 0 Å². The van der Waals surface area contributed by atoms with Gasteiger partial charge in [-0.05, 0) is 0 Å². The van der Waals surface area contributed by atoms with Crippen LogP contribution in [0, 0.1) is 0 Å². The first-order valence-electron chi connectivity index (χ1n) is 3.60. The second-order valence-electron chi connectivity index (χ2n) is 2.66. The van der Waals surface area contributed by atoms with Crippen molar-refractivity contribution in [3.63, 3.8) is 0 Å². The maximum Gasteiger partial charge on any atom is 0.124 e. The van der Waals surface area contributed by atoms with E-state index in [1.807, 2.05) is 0 Å². The van der Waals surface area contributed by atoms with Gasteiger partial charge in [0.2, 0.25) is 0 Å². The molecule has 5 heteroatoms. The number of rotatable bonds is 3. The van der Waals surface area contributed by atoms with Crippen molar-refractivity contribution in [3.8, 4) is 0 Å². The molecule has 0 fully saturated rings. The Morgan fingerprint density at radius 1 is 1.67 bits per heavy atom. The number of imidazole rings is 1. The maximum atomic E-state index is 9.43. The van der Waals surface area contributed by atoms with Crippen LogP contribution < -0.4 is 0 Å². The molecule has 0 amide bonds. The zero-order valence-corrected chi connectivity index (χ0v) is 7.65. The molecule has 1 aromatic rings. The molecule has 4 nitrogen and oxygen atoms in total. The number of thiol groups is 1. The Kier molecular flexibility index (Phi) is 3.13. The van der Waals surface area contributed by atoms with E-state index >= 15 is 0 Å². The largest absolute Gasteiger partial charge is 0.389 e. The van der Waals surface area contributed by atoms with E-state index in [9.17, 15) is 10.2 Å². The quantitative estimate of drug-likeness (QED) is 0.573. The molecular weight excluding hydrogens is 176 g/mol. The van der Waals surface area contributed by atoms with E-state index in [-0.39, 0.29) is 5.75 Å². The molecule has 1 rings (SSSR count). The lowest BCUT2D eigenvalue weighted by atomic mass is 10.2. The molecular formula is C7H12N2O2S. The first kappa shape index (κ1) is 9.57. The highest BCUT2D eigenvalue weighted by Crippen LogP contribution is 2.14. The van der Waals surface area contributed by atoms with Gasteiger partial charge in [-0.1, -0.05) is 0 Å². The van der Waals surface area contributed by atoms with Crippen LogP contribution >= 0.6 is 12.6 Å². The smallest absolute Gasteiger partial charge is 0.124 e. The standard InChI is InChI=1S/C7H12N2O2S/c1-9-2-5(8-4-9)7(11)6(10)3-12/h2,4,6-7,10-12H,3H2,1H3. The molecule has 0 aliphatic rings. The van der Waals surface area contributed by atoms with Gasteiger partial charge in [0, 0.05) is 19.0 Å². The maximum absolute atomic E-state index is 9.43. The average Bonchev–Trinajstić information content (AvgIpc) is 2.49. The van der Waals surface area contributed by atoms with Crippen molar-refractivity contribution in [2.24, 2.45) is 7.05 Å². The Labute approximate surface area is 76.3 Å². The van der Waals surface area contributed by atoms with Crippen LogP contribution in [0.15, 0.2) is 12.5 Å². The van der Waals surface area contributed by atoms with Gasteiger partial charge in [0.05, 0.1) is 18.1 Å². The number of aliphatic hydroxyl groups excluding tert-OH is 2. The highest BCUT2D eigenvalue weighted by Gasteiger charge is 2.18. The molecule has 1 aromatic heterocycles. The molecule has 2 unspecified atom stereocenters. The van der Waals surface area contributed by atoms with Gasteiger partial charge < -0.3 is 14.8 Å². The Balaban J connectivity index is 2.70. The van der Waals surface area contributed by atoms with Crippen molar-refractivity contribution in [2.75, 3.05) is 5.75 Å². The molecule has 2 atom stereocenters. The first-order chi connectivity index (χ1) is 5.65. The average molecular weight is 188 g/mol. The molecule has 0 spiro atoms. The summed E-state index contributed by atoms with van der Waals surface area (Å²) in [5, 5.41) is 18.6. The summed E-state index contributed by atoms with van der Waals surface area (Å²) in [6.07, 6.45) is 1.44. The van der Waals surface area contributed by atoms with Crippen LogP contribution in [-0.4, -0.2) is 31.6 Å². The SMILES string of the molecule is Cn1cnc(C(O)C(O)CS)c1. The van der Waals surface area contributed by atoms with E-state index in [2.05, 4.69) is 17.6 Å². The van der Waals surface area contributed by atoms with Crippen molar-refractivity contribution in [1.82, 2.24) is 9.55 Å².